The van der Waals surface area contributed by atoms with E-state index in [1.807, 2.05) is 39.0 Å². The lowest BCUT2D eigenvalue weighted by molar-refractivity contribution is -0.110. The van der Waals surface area contributed by atoms with Gasteiger partial charge in [0.25, 0.3) is 0 Å². The molecule has 0 saturated heterocycles. The van der Waals surface area contributed by atoms with Crippen molar-refractivity contribution in [1.82, 2.24) is 4.98 Å². The van der Waals surface area contributed by atoms with E-state index in [0.717, 1.165) is 16.9 Å². The van der Waals surface area contributed by atoms with Gasteiger partial charge in [0.15, 0.2) is 0 Å². The van der Waals surface area contributed by atoms with E-state index in [-0.39, 0.29) is 0 Å². The van der Waals surface area contributed by atoms with E-state index in [1.165, 1.54) is 4.70 Å². The number of nitrogens with zero attached hydrogens (tertiary/aromatic N) is 1. The number of benzene rings is 1. The van der Waals surface area contributed by atoms with Gasteiger partial charge in [-0.1, -0.05) is 19.1 Å². The molecule has 1 heterocycles. The molecular formula is C15H21NO2S. The molecule has 0 fully saturated rings. The van der Waals surface area contributed by atoms with Gasteiger partial charge in [-0.15, -0.1) is 11.3 Å². The van der Waals surface area contributed by atoms with Gasteiger partial charge in [0.05, 0.1) is 26.9 Å². The van der Waals surface area contributed by atoms with Gasteiger partial charge in [0.2, 0.25) is 0 Å². The summed E-state index contributed by atoms with van der Waals surface area (Å²) in [6, 6.07) is 8.06. The normalized spacial score (nSPS) is 16.4. The maximum Gasteiger partial charge on any atom is 0.0965 e. The van der Waals surface area contributed by atoms with E-state index >= 15 is 0 Å². The van der Waals surface area contributed by atoms with Crippen LogP contribution in [0.2, 0.25) is 0 Å². The monoisotopic (exact) mass is 279 g/mol. The first-order valence-electron chi connectivity index (χ1n) is 6.75. The van der Waals surface area contributed by atoms with Gasteiger partial charge in [-0.25, -0.2) is 4.98 Å². The van der Waals surface area contributed by atoms with Crippen molar-refractivity contribution in [2.75, 3.05) is 6.61 Å². The minimum Gasteiger partial charge on any atom is -0.390 e. The molecule has 2 rings (SSSR count). The SMILES string of the molecule is CCOC(C)(CC)C(O)Cc1nc2ccccc2s1. The van der Waals surface area contributed by atoms with E-state index in [0.29, 0.717) is 13.0 Å². The molecule has 3 nitrogen and oxygen atoms in total. The molecule has 2 unspecified atom stereocenters. The van der Waals surface area contributed by atoms with Crippen molar-refractivity contribution >= 4 is 21.6 Å². The standard InChI is InChI=1S/C15H21NO2S/c1-4-15(3,18-5-2)13(17)10-14-16-11-8-6-7-9-12(11)19-14/h6-9,13,17H,4-5,10H2,1-3H3. The number of aliphatic hydroxyl groups is 1. The van der Waals surface area contributed by atoms with Crippen LogP contribution in [0.25, 0.3) is 10.2 Å². The molecule has 0 bridgehead atoms. The van der Waals surface area contributed by atoms with E-state index in [4.69, 9.17) is 4.74 Å². The molecule has 0 saturated carbocycles. The van der Waals surface area contributed by atoms with Crippen LogP contribution in [0.4, 0.5) is 0 Å². The van der Waals surface area contributed by atoms with Crippen LogP contribution >= 0.6 is 11.3 Å². The topological polar surface area (TPSA) is 42.4 Å². The third kappa shape index (κ3) is 3.14. The molecular weight excluding hydrogens is 258 g/mol. The number of rotatable bonds is 6. The molecule has 1 N–H and O–H groups in total. The summed E-state index contributed by atoms with van der Waals surface area (Å²) in [6.07, 6.45) is 0.800. The molecule has 1 aromatic carbocycles. The summed E-state index contributed by atoms with van der Waals surface area (Å²) >= 11 is 1.64. The highest BCUT2D eigenvalue weighted by Gasteiger charge is 2.32. The minimum absolute atomic E-state index is 0.493. The molecule has 2 aromatic rings. The van der Waals surface area contributed by atoms with Crippen LogP contribution in [0.15, 0.2) is 24.3 Å². The summed E-state index contributed by atoms with van der Waals surface area (Å²) in [4.78, 5) is 4.56. The van der Waals surface area contributed by atoms with E-state index in [9.17, 15) is 5.11 Å². The van der Waals surface area contributed by atoms with Crippen LogP contribution in [0, 0.1) is 0 Å². The highest BCUT2D eigenvalue weighted by atomic mass is 32.1. The third-order valence-electron chi connectivity index (χ3n) is 3.59. The van der Waals surface area contributed by atoms with Crippen molar-refractivity contribution in [1.29, 1.82) is 0 Å². The van der Waals surface area contributed by atoms with Crippen molar-refractivity contribution in [2.24, 2.45) is 0 Å². The second kappa shape index (κ2) is 5.99. The van der Waals surface area contributed by atoms with E-state index in [2.05, 4.69) is 11.1 Å². The van der Waals surface area contributed by atoms with E-state index < -0.39 is 11.7 Å². The van der Waals surface area contributed by atoms with Gasteiger partial charge in [-0.3, -0.25) is 0 Å². The zero-order valence-corrected chi connectivity index (χ0v) is 12.5. The van der Waals surface area contributed by atoms with E-state index in [1.54, 1.807) is 11.3 Å². The summed E-state index contributed by atoms with van der Waals surface area (Å²) in [5.41, 5.74) is 0.511. The highest BCUT2D eigenvalue weighted by Crippen LogP contribution is 2.27. The minimum atomic E-state index is -0.530. The van der Waals surface area contributed by atoms with Gasteiger partial charge in [-0.05, 0) is 32.4 Å². The predicted molar refractivity (Wildman–Crippen MR) is 79.7 cm³/mol. The number of ether oxygens (including phenoxy) is 1. The smallest absolute Gasteiger partial charge is 0.0965 e. The van der Waals surface area contributed by atoms with Crippen molar-refractivity contribution < 1.29 is 9.84 Å². The molecule has 0 aliphatic rings. The molecule has 0 spiro atoms. The Morgan fingerprint density at radius 3 is 2.74 bits per heavy atom. The Bertz CT molecular complexity index is 507. The summed E-state index contributed by atoms with van der Waals surface area (Å²) in [5.74, 6) is 0. The Morgan fingerprint density at radius 1 is 1.37 bits per heavy atom. The van der Waals surface area contributed by atoms with Gasteiger partial charge >= 0.3 is 0 Å². The van der Waals surface area contributed by atoms with Crippen LogP contribution in [0.1, 0.15) is 32.2 Å². The van der Waals surface area contributed by atoms with Crippen molar-refractivity contribution in [3.05, 3.63) is 29.3 Å². The molecule has 19 heavy (non-hydrogen) atoms. The Hall–Kier alpha value is -0.970. The number of fused-ring (bicyclic) bond motifs is 1. The lowest BCUT2D eigenvalue weighted by Crippen LogP contribution is -2.42. The molecule has 0 radical (unpaired) electrons. The van der Waals surface area contributed by atoms with Crippen LogP contribution in [-0.4, -0.2) is 28.4 Å². The Balaban J connectivity index is 2.15. The maximum absolute atomic E-state index is 10.4. The summed E-state index contributed by atoms with van der Waals surface area (Å²) in [5, 5.41) is 11.4. The molecule has 104 valence electrons. The summed E-state index contributed by atoms with van der Waals surface area (Å²) < 4.78 is 6.88. The molecule has 4 heteroatoms. The largest absolute Gasteiger partial charge is 0.390 e. The fraction of sp³-hybridized carbons (Fsp3) is 0.533. The first kappa shape index (κ1) is 14.4. The van der Waals surface area contributed by atoms with Crippen LogP contribution < -0.4 is 0 Å². The maximum atomic E-state index is 10.4. The molecule has 2 atom stereocenters. The average Bonchev–Trinajstić information content (AvgIpc) is 2.80. The number of thiazole rings is 1. The quantitative estimate of drug-likeness (QED) is 0.881. The Morgan fingerprint density at radius 2 is 2.11 bits per heavy atom. The number of hydrogen-bond acceptors (Lipinski definition) is 4. The second-order valence-corrected chi connectivity index (χ2v) is 6.01. The van der Waals surface area contributed by atoms with Crippen molar-refractivity contribution in [3.63, 3.8) is 0 Å². The Labute approximate surface area is 118 Å². The van der Waals surface area contributed by atoms with Crippen molar-refractivity contribution in [2.45, 2.75) is 45.3 Å². The third-order valence-corrected chi connectivity index (χ3v) is 4.65. The fourth-order valence-electron chi connectivity index (χ4n) is 2.15. The van der Waals surface area contributed by atoms with Gasteiger partial charge in [-0.2, -0.15) is 0 Å². The van der Waals surface area contributed by atoms with Gasteiger partial charge in [0.1, 0.15) is 0 Å². The summed E-state index contributed by atoms with van der Waals surface area (Å²) in [6.45, 7) is 6.57. The number of aliphatic hydroxyl groups excluding tert-OH is 1. The van der Waals surface area contributed by atoms with Crippen LogP contribution in [0.5, 0.6) is 0 Å². The van der Waals surface area contributed by atoms with Gasteiger partial charge < -0.3 is 9.84 Å². The average molecular weight is 279 g/mol. The fourth-order valence-corrected chi connectivity index (χ4v) is 3.16. The number of para-hydroxylation sites is 1. The number of hydrogen-bond donors (Lipinski definition) is 1. The lowest BCUT2D eigenvalue weighted by atomic mass is 9.93. The predicted octanol–water partition coefficient (Wildman–Crippen LogP) is 3.40. The first-order valence-corrected chi connectivity index (χ1v) is 7.57. The molecule has 0 aliphatic carbocycles. The van der Waals surface area contributed by atoms with Crippen LogP contribution in [-0.2, 0) is 11.2 Å². The molecule has 1 aromatic heterocycles. The van der Waals surface area contributed by atoms with Crippen LogP contribution in [0.3, 0.4) is 0 Å². The number of aromatic nitrogens is 1. The lowest BCUT2D eigenvalue weighted by Gasteiger charge is -2.33. The Kier molecular flexibility index (Phi) is 4.55. The highest BCUT2D eigenvalue weighted by molar-refractivity contribution is 7.18. The molecule has 0 amide bonds. The van der Waals surface area contributed by atoms with Crippen molar-refractivity contribution in [3.8, 4) is 0 Å². The second-order valence-electron chi connectivity index (χ2n) is 4.89. The first-order chi connectivity index (χ1) is 9.09. The van der Waals surface area contributed by atoms with Gasteiger partial charge in [0, 0.05) is 13.0 Å². The zero-order chi connectivity index (χ0) is 13.9. The zero-order valence-electron chi connectivity index (χ0n) is 11.7. The summed E-state index contributed by atoms with van der Waals surface area (Å²) in [7, 11) is 0. The molecule has 0 aliphatic heterocycles.